The predicted octanol–water partition coefficient (Wildman–Crippen LogP) is 3.51. The number of nitrogens with one attached hydrogen (secondary N) is 1. The molecule has 4 nitrogen and oxygen atoms in total. The van der Waals surface area contributed by atoms with Gasteiger partial charge < -0.3 is 14.8 Å². The molecule has 0 spiro atoms. The van der Waals surface area contributed by atoms with Crippen LogP contribution < -0.4 is 14.8 Å². The first-order valence-corrected chi connectivity index (χ1v) is 8.33. The highest BCUT2D eigenvalue weighted by Gasteiger charge is 2.14. The van der Waals surface area contributed by atoms with Crippen molar-refractivity contribution < 1.29 is 14.3 Å². The molecule has 0 radical (unpaired) electrons. The van der Waals surface area contributed by atoms with Crippen LogP contribution >= 0.6 is 0 Å². The molecule has 2 aromatic carbocycles. The second-order valence-electron chi connectivity index (χ2n) is 6.03. The second-order valence-corrected chi connectivity index (χ2v) is 6.03. The third-order valence-electron chi connectivity index (χ3n) is 4.53. The van der Waals surface area contributed by atoms with E-state index in [-0.39, 0.29) is 5.91 Å². The molecule has 0 bridgehead atoms. The lowest BCUT2D eigenvalue weighted by molar-refractivity contribution is 0.0950. The maximum Gasteiger partial charge on any atom is 0.251 e. The van der Waals surface area contributed by atoms with Crippen LogP contribution in [0, 0.1) is 0 Å². The normalized spacial score (nSPS) is 13.1. The van der Waals surface area contributed by atoms with E-state index in [1.54, 1.807) is 14.2 Å². The highest BCUT2D eigenvalue weighted by atomic mass is 16.5. The van der Waals surface area contributed by atoms with Crippen molar-refractivity contribution in [1.29, 1.82) is 0 Å². The Morgan fingerprint density at radius 3 is 2.58 bits per heavy atom. The molecule has 0 aliphatic heterocycles. The second kappa shape index (κ2) is 7.39. The van der Waals surface area contributed by atoms with E-state index in [9.17, 15) is 4.79 Å². The maximum absolute atomic E-state index is 12.5. The fourth-order valence-electron chi connectivity index (χ4n) is 3.25. The van der Waals surface area contributed by atoms with E-state index < -0.39 is 0 Å². The standard InChI is InChI=1S/C20H23NO3/c1-23-18-9-5-8-17(19(18)24-2)13-21-20(22)16-11-10-14-6-3-4-7-15(14)12-16/h5,8-12H,3-4,6-7,13H2,1-2H3,(H,21,22). The van der Waals surface area contributed by atoms with Crippen LogP contribution in [0.2, 0.25) is 0 Å². The fourth-order valence-corrected chi connectivity index (χ4v) is 3.25. The summed E-state index contributed by atoms with van der Waals surface area (Å²) in [5.74, 6) is 1.26. The first-order valence-electron chi connectivity index (χ1n) is 8.33. The molecule has 0 atom stereocenters. The Balaban J connectivity index is 1.72. The van der Waals surface area contributed by atoms with Gasteiger partial charge in [0.2, 0.25) is 0 Å². The number of rotatable bonds is 5. The van der Waals surface area contributed by atoms with Gasteiger partial charge in [0.1, 0.15) is 0 Å². The van der Waals surface area contributed by atoms with Crippen LogP contribution in [0.15, 0.2) is 36.4 Å². The summed E-state index contributed by atoms with van der Waals surface area (Å²) in [6.45, 7) is 0.399. The molecule has 4 heteroatoms. The lowest BCUT2D eigenvalue weighted by atomic mass is 9.90. The van der Waals surface area contributed by atoms with Crippen LogP contribution in [0.4, 0.5) is 0 Å². The van der Waals surface area contributed by atoms with Crippen LogP contribution in [0.5, 0.6) is 11.5 Å². The van der Waals surface area contributed by atoms with Crippen molar-refractivity contribution in [3.05, 3.63) is 58.7 Å². The van der Waals surface area contributed by atoms with Gasteiger partial charge in [-0.15, -0.1) is 0 Å². The highest BCUT2D eigenvalue weighted by molar-refractivity contribution is 5.94. The summed E-state index contributed by atoms with van der Waals surface area (Å²) in [4.78, 5) is 12.5. The number of ether oxygens (including phenoxy) is 2. The summed E-state index contributed by atoms with van der Waals surface area (Å²) in [7, 11) is 3.21. The summed E-state index contributed by atoms with van der Waals surface area (Å²) in [6.07, 6.45) is 4.64. The van der Waals surface area contributed by atoms with Crippen molar-refractivity contribution in [3.63, 3.8) is 0 Å². The van der Waals surface area contributed by atoms with Crippen LogP contribution in [-0.2, 0) is 19.4 Å². The third-order valence-corrected chi connectivity index (χ3v) is 4.53. The quantitative estimate of drug-likeness (QED) is 0.915. The van der Waals surface area contributed by atoms with Gasteiger partial charge in [-0.25, -0.2) is 0 Å². The minimum atomic E-state index is -0.0618. The minimum Gasteiger partial charge on any atom is -0.493 e. The van der Waals surface area contributed by atoms with E-state index in [1.165, 1.54) is 24.0 Å². The molecule has 3 rings (SSSR count). The maximum atomic E-state index is 12.5. The van der Waals surface area contributed by atoms with Gasteiger partial charge in [-0.2, -0.15) is 0 Å². The Kier molecular flexibility index (Phi) is 5.04. The molecule has 0 heterocycles. The zero-order chi connectivity index (χ0) is 16.9. The molecule has 0 aromatic heterocycles. The lowest BCUT2D eigenvalue weighted by Crippen LogP contribution is -2.23. The van der Waals surface area contributed by atoms with E-state index >= 15 is 0 Å². The van der Waals surface area contributed by atoms with Crippen LogP contribution in [0.25, 0.3) is 0 Å². The van der Waals surface area contributed by atoms with Crippen molar-refractivity contribution in [2.75, 3.05) is 14.2 Å². The van der Waals surface area contributed by atoms with Crippen LogP contribution in [0.3, 0.4) is 0 Å². The molecule has 0 unspecified atom stereocenters. The summed E-state index contributed by atoms with van der Waals surface area (Å²) in [6, 6.07) is 11.7. The van der Waals surface area contributed by atoms with Crippen molar-refractivity contribution in [2.45, 2.75) is 32.2 Å². The van der Waals surface area contributed by atoms with Crippen molar-refractivity contribution in [1.82, 2.24) is 5.32 Å². The summed E-state index contributed by atoms with van der Waals surface area (Å²) in [5.41, 5.74) is 4.31. The summed E-state index contributed by atoms with van der Waals surface area (Å²) >= 11 is 0. The SMILES string of the molecule is COc1cccc(CNC(=O)c2ccc3c(c2)CCCC3)c1OC. The van der Waals surface area contributed by atoms with Gasteiger partial charge in [-0.1, -0.05) is 18.2 Å². The molecule has 0 saturated heterocycles. The number of hydrogen-bond acceptors (Lipinski definition) is 3. The number of carbonyl (C=O) groups excluding carboxylic acids is 1. The predicted molar refractivity (Wildman–Crippen MR) is 93.8 cm³/mol. The lowest BCUT2D eigenvalue weighted by Gasteiger charge is -2.17. The van der Waals surface area contributed by atoms with Crippen LogP contribution in [-0.4, -0.2) is 20.1 Å². The van der Waals surface area contributed by atoms with Gasteiger partial charge >= 0.3 is 0 Å². The van der Waals surface area contributed by atoms with Gasteiger partial charge in [0.05, 0.1) is 14.2 Å². The molecule has 24 heavy (non-hydrogen) atoms. The van der Waals surface area contributed by atoms with Gasteiger partial charge in [-0.05, 0) is 55.0 Å². The number of hydrogen-bond donors (Lipinski definition) is 1. The molecule has 1 N–H and O–H groups in total. The molecule has 1 aliphatic carbocycles. The summed E-state index contributed by atoms with van der Waals surface area (Å²) < 4.78 is 10.7. The van der Waals surface area contributed by atoms with E-state index in [2.05, 4.69) is 11.4 Å². The third kappa shape index (κ3) is 3.37. The van der Waals surface area contributed by atoms with E-state index in [4.69, 9.17) is 9.47 Å². The Morgan fingerprint density at radius 1 is 1.04 bits per heavy atom. The van der Waals surface area contributed by atoms with Crippen molar-refractivity contribution in [2.24, 2.45) is 0 Å². The Labute approximate surface area is 142 Å². The van der Waals surface area contributed by atoms with E-state index in [0.29, 0.717) is 18.0 Å². The Morgan fingerprint density at radius 2 is 1.83 bits per heavy atom. The largest absolute Gasteiger partial charge is 0.493 e. The highest BCUT2D eigenvalue weighted by Crippen LogP contribution is 2.30. The first kappa shape index (κ1) is 16.4. The smallest absolute Gasteiger partial charge is 0.251 e. The molecule has 0 saturated carbocycles. The Bertz CT molecular complexity index is 740. The number of carbonyl (C=O) groups is 1. The molecule has 1 aliphatic rings. The average Bonchev–Trinajstić information content (AvgIpc) is 2.65. The van der Waals surface area contributed by atoms with Gasteiger partial charge in [0, 0.05) is 17.7 Å². The molecule has 1 amide bonds. The number of fused-ring (bicyclic) bond motifs is 1. The molecule has 0 fully saturated rings. The first-order chi connectivity index (χ1) is 11.7. The Hall–Kier alpha value is -2.49. The number of methoxy groups -OCH3 is 2. The molecular formula is C20H23NO3. The topological polar surface area (TPSA) is 47.6 Å². The number of aryl methyl sites for hydroxylation is 2. The van der Waals surface area contributed by atoms with E-state index in [1.807, 2.05) is 30.3 Å². The number of para-hydroxylation sites is 1. The van der Waals surface area contributed by atoms with Gasteiger partial charge in [0.25, 0.3) is 5.91 Å². The monoisotopic (exact) mass is 325 g/mol. The van der Waals surface area contributed by atoms with Crippen LogP contribution in [0.1, 0.15) is 39.9 Å². The summed E-state index contributed by atoms with van der Waals surface area (Å²) in [5, 5.41) is 2.97. The van der Waals surface area contributed by atoms with Crippen molar-refractivity contribution >= 4 is 5.91 Å². The zero-order valence-corrected chi connectivity index (χ0v) is 14.2. The number of benzene rings is 2. The minimum absolute atomic E-state index is 0.0618. The van der Waals surface area contributed by atoms with Crippen molar-refractivity contribution in [3.8, 4) is 11.5 Å². The van der Waals surface area contributed by atoms with E-state index in [0.717, 1.165) is 24.0 Å². The van der Waals surface area contributed by atoms with Gasteiger partial charge in [0.15, 0.2) is 11.5 Å². The zero-order valence-electron chi connectivity index (χ0n) is 14.2. The fraction of sp³-hybridized carbons (Fsp3) is 0.350. The molecule has 126 valence electrons. The van der Waals surface area contributed by atoms with Gasteiger partial charge in [-0.3, -0.25) is 4.79 Å². The average molecular weight is 325 g/mol. The molecular weight excluding hydrogens is 302 g/mol. The molecule has 2 aromatic rings. The number of amides is 1.